The van der Waals surface area contributed by atoms with Gasteiger partial charge >= 0.3 is 79.1 Å². The SMILES string of the molecule is CP.C[C]1[C](C)[C](C)[C](C)[C]1C.C[C]1[C](C)[C](C)[C](C)[C]1C.[C-]#[O+].[C-]#[O+].[C-]#[O+].[C-]#[O+].[C-]#[O+].[C-]#[O+].[C-]#[O+].[Rh].[Rh].[W]. The Bertz CT molecular complexity index is 417. The van der Waals surface area contributed by atoms with Gasteiger partial charge in [0.15, 0.2) is 0 Å². The van der Waals surface area contributed by atoms with Crippen LogP contribution in [0.4, 0.5) is 0 Å². The Hall–Kier alpha value is 0.545. The smallest absolute Gasteiger partial charge is 0 e. The van der Waals surface area contributed by atoms with Gasteiger partial charge in [0, 0.05) is 60.0 Å². The first kappa shape index (κ1) is 72.1. The van der Waals surface area contributed by atoms with Crippen LogP contribution in [0.5, 0.6) is 0 Å². The fourth-order valence-corrected chi connectivity index (χ4v) is 2.81. The molecule has 0 aliphatic heterocycles. The maximum atomic E-state index is 7.50. The molecular weight excluding hydrogens is 869 g/mol. The normalized spacial score (nSPS) is 15.1. The second kappa shape index (κ2) is 58.2. The molecule has 0 N–H and O–H groups in total. The van der Waals surface area contributed by atoms with E-state index in [1.165, 1.54) is 59.2 Å². The summed E-state index contributed by atoms with van der Waals surface area (Å²) in [7, 11) is 2.42. The standard InChI is InChI=1S/2C10H15.7CO.CH5P.2Rh.W/c2*1-6-7(2)9(4)10(5)8(6)3;8*1-2;;;/h2*1-5H3;;;;;;;;2H2,1H3;;;. The molecule has 0 aromatic heterocycles. The van der Waals surface area contributed by atoms with E-state index in [4.69, 9.17) is 32.6 Å². The Balaban J connectivity index is -0.0000000282. The van der Waals surface area contributed by atoms with Crippen molar-refractivity contribution >= 4 is 9.24 Å². The Kier molecular flexibility index (Phi) is 108. The van der Waals surface area contributed by atoms with Crippen molar-refractivity contribution in [1.82, 2.24) is 0 Å². The molecule has 7 nitrogen and oxygen atoms in total. The van der Waals surface area contributed by atoms with Gasteiger partial charge < -0.3 is 0 Å². The third-order valence-corrected chi connectivity index (χ3v) is 5.62. The van der Waals surface area contributed by atoms with Gasteiger partial charge in [0.1, 0.15) is 0 Å². The van der Waals surface area contributed by atoms with E-state index in [1.807, 2.05) is 6.66 Å². The minimum Gasteiger partial charge on any atom is 0 e. The molecule has 0 aromatic carbocycles. The van der Waals surface area contributed by atoms with E-state index >= 15 is 0 Å². The van der Waals surface area contributed by atoms with E-state index in [0.717, 1.165) is 0 Å². The minimum absolute atomic E-state index is 0. The molecule has 2 aliphatic rings. The van der Waals surface area contributed by atoms with E-state index in [2.05, 4.69) is 125 Å². The van der Waals surface area contributed by atoms with Crippen LogP contribution in [0, 0.1) is 106 Å². The maximum absolute atomic E-state index is 7.50. The molecule has 0 spiro atoms. The van der Waals surface area contributed by atoms with Gasteiger partial charge in [0.25, 0.3) is 0 Å². The first-order chi connectivity index (χ1) is 17.1. The van der Waals surface area contributed by atoms with E-state index in [0.29, 0.717) is 0 Å². The first-order valence-electron chi connectivity index (χ1n) is 9.51. The van der Waals surface area contributed by atoms with Crippen molar-refractivity contribution in [2.24, 2.45) is 0 Å². The molecule has 2 fully saturated rings. The third kappa shape index (κ3) is 31.3. The van der Waals surface area contributed by atoms with Gasteiger partial charge in [-0.1, -0.05) is 75.9 Å². The van der Waals surface area contributed by atoms with Gasteiger partial charge in [0.05, 0.1) is 0 Å². The Morgan fingerprint density at radius 3 is 0.333 bits per heavy atom. The Labute approximate surface area is 281 Å². The molecule has 2 aliphatic carbocycles. The zero-order valence-corrected chi connectivity index (χ0v) is 31.4. The summed E-state index contributed by atoms with van der Waals surface area (Å²) in [6, 6.07) is 0. The summed E-state index contributed by atoms with van der Waals surface area (Å²) in [5, 5.41) is 0. The van der Waals surface area contributed by atoms with Crippen molar-refractivity contribution < 1.29 is 92.6 Å². The molecule has 1 unspecified atom stereocenters. The van der Waals surface area contributed by atoms with Crippen LogP contribution in [-0.4, -0.2) is 6.66 Å². The van der Waals surface area contributed by atoms with Crippen LogP contribution in [0.15, 0.2) is 0 Å². The largest absolute Gasteiger partial charge is 0 e. The molecule has 11 heteroatoms. The van der Waals surface area contributed by atoms with Gasteiger partial charge in [-0.2, -0.15) is 0 Å². The topological polar surface area (TPSA) is 139 Å². The van der Waals surface area contributed by atoms with Crippen molar-refractivity contribution in [1.29, 1.82) is 0 Å². The molecule has 0 bridgehead atoms. The van der Waals surface area contributed by atoms with Crippen LogP contribution in [0.2, 0.25) is 0 Å². The van der Waals surface area contributed by atoms with E-state index in [-0.39, 0.29) is 60.0 Å². The first-order valence-corrected chi connectivity index (χ1v) is 10.7. The van der Waals surface area contributed by atoms with Crippen LogP contribution in [0.25, 0.3) is 0 Å². The predicted octanol–water partition coefficient (Wildman–Crippen LogP) is 6.17. The predicted molar refractivity (Wildman–Crippen MR) is 132 cm³/mol. The molecule has 1 atom stereocenters. The molecule has 0 heterocycles. The summed E-state index contributed by atoms with van der Waals surface area (Å²) in [5.74, 6) is 14.7. The second-order valence-electron chi connectivity index (χ2n) is 6.25. The van der Waals surface area contributed by atoms with E-state index in [1.54, 1.807) is 0 Å². The van der Waals surface area contributed by atoms with Crippen molar-refractivity contribution in [3.05, 3.63) is 106 Å². The van der Waals surface area contributed by atoms with Crippen LogP contribution in [-0.2, 0) is 92.6 Å². The molecule has 39 heavy (non-hydrogen) atoms. The van der Waals surface area contributed by atoms with Gasteiger partial charge in [-0.25, -0.2) is 0 Å². The average Bonchev–Trinajstić information content (AvgIpc) is 3.27. The molecule has 0 saturated heterocycles. The Morgan fingerprint density at radius 2 is 0.308 bits per heavy atom. The van der Waals surface area contributed by atoms with E-state index in [9.17, 15) is 0 Å². The number of hydrogen-bond acceptors (Lipinski definition) is 0. The quantitative estimate of drug-likeness (QED) is 0.119. The van der Waals surface area contributed by atoms with Crippen LogP contribution >= 0.6 is 9.24 Å². The molecule has 2 rings (SSSR count). The second-order valence-corrected chi connectivity index (χ2v) is 6.25. The summed E-state index contributed by atoms with van der Waals surface area (Å²) >= 11 is 0. The summed E-state index contributed by atoms with van der Waals surface area (Å²) in [6.45, 7) is 55.4. The van der Waals surface area contributed by atoms with Crippen LogP contribution in [0.1, 0.15) is 69.2 Å². The summed E-state index contributed by atoms with van der Waals surface area (Å²) in [6.07, 6.45) is 0. The fraction of sp³-hybridized carbons (Fsp3) is 0.393. The van der Waals surface area contributed by atoms with Gasteiger partial charge in [-0.3, -0.25) is 0 Å². The Morgan fingerprint density at radius 1 is 0.282 bits per heavy atom. The van der Waals surface area contributed by atoms with E-state index < -0.39 is 0 Å². The van der Waals surface area contributed by atoms with Crippen molar-refractivity contribution in [3.8, 4) is 0 Å². The van der Waals surface area contributed by atoms with Crippen molar-refractivity contribution in [2.75, 3.05) is 6.66 Å². The maximum Gasteiger partial charge on any atom is 0 e. The van der Waals surface area contributed by atoms with Crippen LogP contribution < -0.4 is 0 Å². The molecular formula is C28H35O7PRh2W. The van der Waals surface area contributed by atoms with Gasteiger partial charge in [0.2, 0.25) is 0 Å². The molecule has 218 valence electrons. The van der Waals surface area contributed by atoms with Gasteiger partial charge in [-0.15, -0.1) is 9.24 Å². The number of rotatable bonds is 0. The molecule has 0 aromatic rings. The zero-order chi connectivity index (χ0) is 31.8. The number of hydrogen-bond donors (Lipinski definition) is 0. The average molecular weight is 904 g/mol. The molecule has 2 saturated carbocycles. The van der Waals surface area contributed by atoms with Gasteiger partial charge in [-0.05, 0) is 59.2 Å². The zero-order valence-electron chi connectivity index (χ0n) is 24.0. The summed E-state index contributed by atoms with van der Waals surface area (Å²) in [5.41, 5.74) is 0. The van der Waals surface area contributed by atoms with Crippen molar-refractivity contribution in [2.45, 2.75) is 69.2 Å². The molecule has 12 radical (unpaired) electrons. The third-order valence-electron chi connectivity index (χ3n) is 5.62. The summed E-state index contributed by atoms with van der Waals surface area (Å²) in [4.78, 5) is 0. The summed E-state index contributed by atoms with van der Waals surface area (Å²) < 4.78 is 52.5. The monoisotopic (exact) mass is 904 g/mol. The minimum atomic E-state index is 0. The van der Waals surface area contributed by atoms with Crippen molar-refractivity contribution in [3.63, 3.8) is 0 Å². The fourth-order valence-electron chi connectivity index (χ4n) is 2.81. The van der Waals surface area contributed by atoms with Crippen LogP contribution in [0.3, 0.4) is 0 Å². The molecule has 0 amide bonds.